The number of nitrogens with zero attached hydrogens (tertiary/aromatic N) is 4. The average Bonchev–Trinajstić information content (AvgIpc) is 3.32. The number of aromatic nitrogens is 2. The van der Waals surface area contributed by atoms with Crippen molar-refractivity contribution in [2.24, 2.45) is 5.92 Å². The van der Waals surface area contributed by atoms with Crippen LogP contribution in [0.3, 0.4) is 0 Å². The molecule has 186 valence electrons. The molecule has 2 fully saturated rings. The van der Waals surface area contributed by atoms with Crippen molar-refractivity contribution >= 4 is 33.3 Å². The third-order valence-corrected chi connectivity index (χ3v) is 8.29. The van der Waals surface area contributed by atoms with Gasteiger partial charge < -0.3 is 19.9 Å². The molecule has 0 saturated carbocycles. The molecule has 2 aliphatic rings. The van der Waals surface area contributed by atoms with Crippen LogP contribution in [0.15, 0.2) is 30.5 Å². The zero-order chi connectivity index (χ0) is 24.2. The lowest BCUT2D eigenvalue weighted by molar-refractivity contribution is 0.0303. The van der Waals surface area contributed by atoms with Crippen LogP contribution in [-0.2, 0) is 4.74 Å². The van der Waals surface area contributed by atoms with E-state index in [1.165, 1.54) is 32.4 Å². The second kappa shape index (κ2) is 11.0. The number of ether oxygens (including phenoxy) is 1. The summed E-state index contributed by atoms with van der Waals surface area (Å²) in [5.41, 5.74) is 2.75. The predicted molar refractivity (Wildman–Crippen MR) is 142 cm³/mol. The second-order valence-corrected chi connectivity index (χ2v) is 10.9. The molecule has 1 aromatic carbocycles. The number of likely N-dealkylation sites (tertiary alicyclic amines) is 1. The highest BCUT2D eigenvalue weighted by atomic mass is 32.1. The van der Waals surface area contributed by atoms with Crippen LogP contribution in [0.5, 0.6) is 0 Å². The largest absolute Gasteiger partial charge is 0.378 e. The van der Waals surface area contributed by atoms with E-state index in [9.17, 15) is 4.79 Å². The molecule has 0 atom stereocenters. The van der Waals surface area contributed by atoms with Crippen LogP contribution in [0.25, 0.3) is 20.7 Å². The van der Waals surface area contributed by atoms with E-state index in [0.717, 1.165) is 50.7 Å². The van der Waals surface area contributed by atoms with Gasteiger partial charge in [0, 0.05) is 36.1 Å². The molecular formula is C27H35N5O2S. The quantitative estimate of drug-likeness (QED) is 0.482. The summed E-state index contributed by atoms with van der Waals surface area (Å²) >= 11 is 1.68. The van der Waals surface area contributed by atoms with Crippen LogP contribution < -0.4 is 5.32 Å². The third kappa shape index (κ3) is 5.82. The van der Waals surface area contributed by atoms with Crippen molar-refractivity contribution < 1.29 is 9.53 Å². The molecule has 8 heteroatoms. The van der Waals surface area contributed by atoms with Crippen LogP contribution in [0.1, 0.15) is 41.6 Å². The van der Waals surface area contributed by atoms with Gasteiger partial charge in [-0.2, -0.15) is 0 Å². The van der Waals surface area contributed by atoms with E-state index in [1.807, 2.05) is 29.3 Å². The standard InChI is InChI=1S/C27H35N5O2S/c1-19-18-29-27(28-9-3-4-20-7-10-31(2)11-8-20)30-25(19)24-16-21-5-6-22(17-23(21)35-24)26(33)32-12-14-34-15-13-32/h5-6,16-18,20H,3-4,7-15H2,1-2H3,(H,28,29,30). The molecule has 5 rings (SSSR count). The third-order valence-electron chi connectivity index (χ3n) is 7.18. The number of rotatable bonds is 7. The SMILES string of the molecule is Cc1cnc(NCCCC2CCN(C)CC2)nc1-c1cc2ccc(C(=O)N3CCOCC3)cc2s1. The Balaban J connectivity index is 1.24. The first-order chi connectivity index (χ1) is 17.1. The first-order valence-electron chi connectivity index (χ1n) is 12.7. The number of morpholine rings is 1. The van der Waals surface area contributed by atoms with Gasteiger partial charge in [0.15, 0.2) is 0 Å². The van der Waals surface area contributed by atoms with Crippen molar-refractivity contribution in [3.63, 3.8) is 0 Å². The maximum atomic E-state index is 12.9. The van der Waals surface area contributed by atoms with Gasteiger partial charge >= 0.3 is 0 Å². The fourth-order valence-corrected chi connectivity index (χ4v) is 6.11. The van der Waals surface area contributed by atoms with E-state index >= 15 is 0 Å². The number of carbonyl (C=O) groups excluding carboxylic acids is 1. The van der Waals surface area contributed by atoms with Gasteiger partial charge in [-0.05, 0) is 87.8 Å². The van der Waals surface area contributed by atoms with Crippen molar-refractivity contribution in [2.45, 2.75) is 32.6 Å². The van der Waals surface area contributed by atoms with Gasteiger partial charge in [0.2, 0.25) is 5.95 Å². The molecule has 0 bridgehead atoms. The summed E-state index contributed by atoms with van der Waals surface area (Å²) in [5, 5.41) is 4.57. The number of fused-ring (bicyclic) bond motifs is 1. The zero-order valence-corrected chi connectivity index (χ0v) is 21.6. The lowest BCUT2D eigenvalue weighted by Gasteiger charge is -2.28. The zero-order valence-electron chi connectivity index (χ0n) is 20.8. The molecule has 4 heterocycles. The number of piperidine rings is 1. The van der Waals surface area contributed by atoms with E-state index in [0.29, 0.717) is 32.3 Å². The Kier molecular flexibility index (Phi) is 7.60. The van der Waals surface area contributed by atoms with Crippen molar-refractivity contribution in [1.82, 2.24) is 19.8 Å². The highest BCUT2D eigenvalue weighted by Crippen LogP contribution is 2.35. The number of hydrogen-bond acceptors (Lipinski definition) is 7. The molecule has 35 heavy (non-hydrogen) atoms. The van der Waals surface area contributed by atoms with Crippen LogP contribution in [0.4, 0.5) is 5.95 Å². The number of aryl methyl sites for hydroxylation is 1. The summed E-state index contributed by atoms with van der Waals surface area (Å²) in [6.07, 6.45) is 6.94. The van der Waals surface area contributed by atoms with Crippen molar-refractivity contribution in [3.8, 4) is 10.6 Å². The van der Waals surface area contributed by atoms with Crippen molar-refractivity contribution in [2.75, 3.05) is 58.3 Å². The summed E-state index contributed by atoms with van der Waals surface area (Å²) in [5.74, 6) is 1.62. The molecule has 2 aliphatic heterocycles. The monoisotopic (exact) mass is 493 g/mol. The molecule has 3 aromatic rings. The summed E-state index contributed by atoms with van der Waals surface area (Å²) in [7, 11) is 2.21. The van der Waals surface area contributed by atoms with Gasteiger partial charge in [-0.1, -0.05) is 6.07 Å². The van der Waals surface area contributed by atoms with Gasteiger partial charge in [-0.3, -0.25) is 4.79 Å². The van der Waals surface area contributed by atoms with Crippen LogP contribution in [0, 0.1) is 12.8 Å². The molecule has 0 spiro atoms. The number of benzene rings is 1. The van der Waals surface area contributed by atoms with E-state index in [2.05, 4.69) is 35.2 Å². The Morgan fingerprint density at radius 2 is 1.97 bits per heavy atom. The van der Waals surface area contributed by atoms with E-state index in [1.54, 1.807) is 11.3 Å². The molecule has 7 nitrogen and oxygen atoms in total. The first-order valence-corrected chi connectivity index (χ1v) is 13.6. The van der Waals surface area contributed by atoms with Gasteiger partial charge in [0.05, 0.1) is 23.8 Å². The van der Waals surface area contributed by atoms with Crippen LogP contribution in [0.2, 0.25) is 0 Å². The average molecular weight is 494 g/mol. The summed E-state index contributed by atoms with van der Waals surface area (Å²) in [6.45, 7) is 7.92. The summed E-state index contributed by atoms with van der Waals surface area (Å²) in [6, 6.07) is 8.16. The molecule has 2 saturated heterocycles. The normalized spacial score (nSPS) is 17.7. The van der Waals surface area contributed by atoms with Gasteiger partial charge in [-0.25, -0.2) is 9.97 Å². The lowest BCUT2D eigenvalue weighted by atomic mass is 9.92. The Labute approximate surface area is 211 Å². The Morgan fingerprint density at radius 1 is 1.17 bits per heavy atom. The number of hydrogen-bond donors (Lipinski definition) is 1. The van der Waals surface area contributed by atoms with Gasteiger partial charge in [0.25, 0.3) is 5.91 Å². The maximum Gasteiger partial charge on any atom is 0.254 e. The van der Waals surface area contributed by atoms with Crippen LogP contribution in [-0.4, -0.2) is 78.7 Å². The molecule has 0 unspecified atom stereocenters. The number of carbonyl (C=O) groups is 1. The number of thiophene rings is 1. The van der Waals surface area contributed by atoms with E-state index in [-0.39, 0.29) is 5.91 Å². The summed E-state index contributed by atoms with van der Waals surface area (Å²) in [4.78, 5) is 27.7. The Hall–Kier alpha value is -2.55. The Bertz CT molecular complexity index is 1170. The molecule has 1 amide bonds. The number of anilines is 1. The Morgan fingerprint density at radius 3 is 2.77 bits per heavy atom. The van der Waals surface area contributed by atoms with E-state index in [4.69, 9.17) is 9.72 Å². The molecule has 0 radical (unpaired) electrons. The summed E-state index contributed by atoms with van der Waals surface area (Å²) < 4.78 is 6.48. The highest BCUT2D eigenvalue weighted by Gasteiger charge is 2.20. The minimum Gasteiger partial charge on any atom is -0.378 e. The predicted octanol–water partition coefficient (Wildman–Crippen LogP) is 4.67. The fourth-order valence-electron chi connectivity index (χ4n) is 4.95. The van der Waals surface area contributed by atoms with Crippen LogP contribution >= 0.6 is 11.3 Å². The van der Waals surface area contributed by atoms with Crippen molar-refractivity contribution in [3.05, 3.63) is 41.6 Å². The smallest absolute Gasteiger partial charge is 0.254 e. The fraction of sp³-hybridized carbons (Fsp3) is 0.519. The van der Waals surface area contributed by atoms with Gasteiger partial charge in [0.1, 0.15) is 0 Å². The molecule has 2 aromatic heterocycles. The lowest BCUT2D eigenvalue weighted by Crippen LogP contribution is -2.40. The maximum absolute atomic E-state index is 12.9. The first kappa shape index (κ1) is 24.2. The second-order valence-electron chi connectivity index (χ2n) is 9.81. The van der Waals surface area contributed by atoms with E-state index < -0.39 is 0 Å². The number of amides is 1. The number of nitrogens with one attached hydrogen (secondary N) is 1. The molecule has 0 aliphatic carbocycles. The highest BCUT2D eigenvalue weighted by molar-refractivity contribution is 7.22. The minimum atomic E-state index is 0.0788. The van der Waals surface area contributed by atoms with Gasteiger partial charge in [-0.15, -0.1) is 11.3 Å². The van der Waals surface area contributed by atoms with Crippen molar-refractivity contribution in [1.29, 1.82) is 0 Å². The topological polar surface area (TPSA) is 70.6 Å². The minimum absolute atomic E-state index is 0.0788. The molecule has 1 N–H and O–H groups in total. The molecular weight excluding hydrogens is 458 g/mol.